The number of nitrogens with one attached hydrogen (secondary N) is 1. The number of likely N-dealkylation sites (tertiary alicyclic amines) is 1. The smallest absolute Gasteiger partial charge is 0.0628 e. The van der Waals surface area contributed by atoms with E-state index in [0.717, 1.165) is 19.5 Å². The molecule has 1 aliphatic carbocycles. The molecule has 96 valence electrons. The molecule has 1 heterocycles. The zero-order valence-corrected chi connectivity index (χ0v) is 11.0. The lowest BCUT2D eigenvalue weighted by Gasteiger charge is -2.32. The number of hydrogen-bond acceptors (Lipinski definition) is 3. The molecule has 3 heteroatoms. The Morgan fingerprint density at radius 3 is 2.59 bits per heavy atom. The Bertz CT molecular complexity index is 272. The minimum absolute atomic E-state index is 0.344. The fourth-order valence-corrected chi connectivity index (χ4v) is 2.79. The maximum absolute atomic E-state index is 8.77. The lowest BCUT2D eigenvalue weighted by molar-refractivity contribution is 0.169. The maximum Gasteiger partial charge on any atom is 0.0628 e. The lowest BCUT2D eigenvalue weighted by atomic mass is 10.0. The molecule has 0 radical (unpaired) electrons. The van der Waals surface area contributed by atoms with Crippen LogP contribution in [0.2, 0.25) is 0 Å². The van der Waals surface area contributed by atoms with Gasteiger partial charge in [-0.25, -0.2) is 0 Å². The summed E-state index contributed by atoms with van der Waals surface area (Å²) < 4.78 is 0. The lowest BCUT2D eigenvalue weighted by Crippen LogP contribution is -2.44. The molecule has 0 aromatic heterocycles. The van der Waals surface area contributed by atoms with Crippen LogP contribution in [0.4, 0.5) is 0 Å². The van der Waals surface area contributed by atoms with Gasteiger partial charge in [0.2, 0.25) is 0 Å². The van der Waals surface area contributed by atoms with Crippen molar-refractivity contribution < 1.29 is 0 Å². The van der Waals surface area contributed by atoms with Gasteiger partial charge in [-0.05, 0) is 51.1 Å². The van der Waals surface area contributed by atoms with E-state index in [-0.39, 0.29) is 0 Å². The first-order valence-electron chi connectivity index (χ1n) is 7.07. The van der Waals surface area contributed by atoms with Crippen LogP contribution in [0.1, 0.15) is 45.4 Å². The molecule has 2 fully saturated rings. The van der Waals surface area contributed by atoms with Crippen LogP contribution in [0.3, 0.4) is 0 Å². The molecule has 1 saturated carbocycles. The fraction of sp³-hybridized carbons (Fsp3) is 0.929. The monoisotopic (exact) mass is 235 g/mol. The van der Waals surface area contributed by atoms with E-state index in [4.69, 9.17) is 5.26 Å². The van der Waals surface area contributed by atoms with Gasteiger partial charge >= 0.3 is 0 Å². The molecule has 3 nitrogen and oxygen atoms in total. The Morgan fingerprint density at radius 2 is 2.00 bits per heavy atom. The Morgan fingerprint density at radius 1 is 1.29 bits per heavy atom. The van der Waals surface area contributed by atoms with E-state index in [1.165, 1.54) is 45.2 Å². The quantitative estimate of drug-likeness (QED) is 0.766. The molecule has 2 rings (SSSR count). The van der Waals surface area contributed by atoms with Gasteiger partial charge < -0.3 is 5.32 Å². The van der Waals surface area contributed by atoms with Crippen LogP contribution < -0.4 is 5.32 Å². The summed E-state index contributed by atoms with van der Waals surface area (Å²) in [6.07, 6.45) is 7.35. The van der Waals surface area contributed by atoms with Crippen molar-refractivity contribution in [3.63, 3.8) is 0 Å². The van der Waals surface area contributed by atoms with Crippen LogP contribution in [-0.2, 0) is 0 Å². The third-order valence-electron chi connectivity index (χ3n) is 4.36. The van der Waals surface area contributed by atoms with Crippen LogP contribution in [0, 0.1) is 16.7 Å². The summed E-state index contributed by atoms with van der Waals surface area (Å²) in [6.45, 7) is 6.98. The average Bonchev–Trinajstić information content (AvgIpc) is 3.11. The van der Waals surface area contributed by atoms with Crippen LogP contribution in [0.25, 0.3) is 0 Å². The Balaban J connectivity index is 1.63. The van der Waals surface area contributed by atoms with Crippen LogP contribution in [0.5, 0.6) is 0 Å². The minimum atomic E-state index is 0.344. The molecule has 1 aliphatic heterocycles. The molecule has 1 unspecified atom stereocenters. The molecule has 1 N–H and O–H groups in total. The first-order chi connectivity index (χ1) is 8.26. The van der Waals surface area contributed by atoms with Gasteiger partial charge in [-0.3, -0.25) is 4.90 Å². The maximum atomic E-state index is 8.77. The van der Waals surface area contributed by atoms with E-state index in [1.807, 2.05) is 0 Å². The minimum Gasteiger partial charge on any atom is -0.315 e. The first kappa shape index (κ1) is 12.9. The Labute approximate surface area is 105 Å². The SMILES string of the molecule is CC(CNCC1(CC#N)CC1)N1CCCCC1. The van der Waals surface area contributed by atoms with Crippen molar-refractivity contribution in [1.29, 1.82) is 5.26 Å². The highest BCUT2D eigenvalue weighted by Crippen LogP contribution is 2.47. The van der Waals surface area contributed by atoms with E-state index in [9.17, 15) is 0 Å². The highest BCUT2D eigenvalue weighted by molar-refractivity contribution is 5.00. The van der Waals surface area contributed by atoms with Crippen molar-refractivity contribution in [3.8, 4) is 6.07 Å². The molecule has 1 saturated heterocycles. The van der Waals surface area contributed by atoms with Crippen molar-refractivity contribution in [2.75, 3.05) is 26.2 Å². The molecule has 0 aromatic carbocycles. The zero-order chi connectivity index (χ0) is 12.1. The van der Waals surface area contributed by atoms with E-state index < -0.39 is 0 Å². The van der Waals surface area contributed by atoms with E-state index in [2.05, 4.69) is 23.2 Å². The number of piperidine rings is 1. The number of hydrogen-bond donors (Lipinski definition) is 1. The van der Waals surface area contributed by atoms with Gasteiger partial charge in [0.1, 0.15) is 0 Å². The normalized spacial score (nSPS) is 25.2. The summed E-state index contributed by atoms with van der Waals surface area (Å²) in [4.78, 5) is 2.60. The topological polar surface area (TPSA) is 39.1 Å². The summed E-state index contributed by atoms with van der Waals surface area (Å²) in [6, 6.07) is 2.97. The number of nitrogens with zero attached hydrogens (tertiary/aromatic N) is 2. The van der Waals surface area contributed by atoms with Gasteiger partial charge in [0, 0.05) is 25.6 Å². The third kappa shape index (κ3) is 3.69. The summed E-state index contributed by atoms with van der Waals surface area (Å²) in [5.41, 5.74) is 0.344. The Kier molecular flexibility index (Phi) is 4.42. The van der Waals surface area contributed by atoms with Crippen molar-refractivity contribution >= 4 is 0 Å². The molecule has 17 heavy (non-hydrogen) atoms. The molecule has 2 aliphatic rings. The molecular weight excluding hydrogens is 210 g/mol. The van der Waals surface area contributed by atoms with E-state index >= 15 is 0 Å². The van der Waals surface area contributed by atoms with E-state index in [1.54, 1.807) is 0 Å². The Hall–Kier alpha value is -0.590. The van der Waals surface area contributed by atoms with Gasteiger partial charge in [-0.15, -0.1) is 0 Å². The van der Waals surface area contributed by atoms with Crippen LogP contribution in [0.15, 0.2) is 0 Å². The van der Waals surface area contributed by atoms with Crippen LogP contribution >= 0.6 is 0 Å². The summed E-state index contributed by atoms with van der Waals surface area (Å²) in [7, 11) is 0. The van der Waals surface area contributed by atoms with Crippen molar-refractivity contribution in [2.24, 2.45) is 5.41 Å². The second-order valence-electron chi connectivity index (χ2n) is 5.91. The summed E-state index contributed by atoms with van der Waals surface area (Å²) >= 11 is 0. The second kappa shape index (κ2) is 5.84. The molecule has 1 atom stereocenters. The molecule has 0 amide bonds. The largest absolute Gasteiger partial charge is 0.315 e. The predicted octanol–water partition coefficient (Wildman–Crippen LogP) is 2.14. The summed E-state index contributed by atoms with van der Waals surface area (Å²) in [5.74, 6) is 0. The van der Waals surface area contributed by atoms with Gasteiger partial charge in [-0.1, -0.05) is 6.42 Å². The van der Waals surface area contributed by atoms with Crippen molar-refractivity contribution in [1.82, 2.24) is 10.2 Å². The van der Waals surface area contributed by atoms with Gasteiger partial charge in [0.15, 0.2) is 0 Å². The first-order valence-corrected chi connectivity index (χ1v) is 7.07. The molecule has 0 bridgehead atoms. The number of rotatable bonds is 6. The highest BCUT2D eigenvalue weighted by Gasteiger charge is 2.41. The number of nitriles is 1. The van der Waals surface area contributed by atoms with Crippen LogP contribution in [-0.4, -0.2) is 37.1 Å². The van der Waals surface area contributed by atoms with Gasteiger partial charge in [-0.2, -0.15) is 5.26 Å². The standard InChI is InChI=1S/C14H25N3/c1-13(17-9-3-2-4-10-17)11-16-12-14(5-6-14)7-8-15/h13,16H,2-7,9-12H2,1H3. The average molecular weight is 235 g/mol. The van der Waals surface area contributed by atoms with E-state index in [0.29, 0.717) is 11.5 Å². The predicted molar refractivity (Wildman–Crippen MR) is 69.7 cm³/mol. The molecule has 0 aromatic rings. The second-order valence-corrected chi connectivity index (χ2v) is 5.91. The summed E-state index contributed by atoms with van der Waals surface area (Å²) in [5, 5.41) is 12.3. The third-order valence-corrected chi connectivity index (χ3v) is 4.36. The molecular formula is C14H25N3. The van der Waals surface area contributed by atoms with Gasteiger partial charge in [0.05, 0.1) is 6.07 Å². The van der Waals surface area contributed by atoms with Crippen molar-refractivity contribution in [2.45, 2.75) is 51.5 Å². The van der Waals surface area contributed by atoms with Gasteiger partial charge in [0.25, 0.3) is 0 Å². The fourth-order valence-electron chi connectivity index (χ4n) is 2.79. The highest BCUT2D eigenvalue weighted by atomic mass is 15.2. The van der Waals surface area contributed by atoms with Crippen molar-refractivity contribution in [3.05, 3.63) is 0 Å². The zero-order valence-electron chi connectivity index (χ0n) is 11.0. The molecule has 0 spiro atoms.